The Hall–Kier alpha value is -3.32. The molecule has 30 heavy (non-hydrogen) atoms. The molecule has 0 bridgehead atoms. The van der Waals surface area contributed by atoms with Crippen LogP contribution < -0.4 is 16.2 Å². The number of hydrogen-bond donors (Lipinski definition) is 3. The van der Waals surface area contributed by atoms with Crippen LogP contribution in [0.25, 0.3) is 33.3 Å². The molecule has 3 heterocycles. The van der Waals surface area contributed by atoms with Crippen molar-refractivity contribution in [2.45, 2.75) is 19.9 Å². The smallest absolute Gasteiger partial charge is 0.261 e. The van der Waals surface area contributed by atoms with Gasteiger partial charge in [0.15, 0.2) is 0 Å². The molecule has 5 rings (SSSR count). The molecular formula is C23H26N6O. The molecule has 2 aromatic carbocycles. The first kappa shape index (κ1) is 18.7. The summed E-state index contributed by atoms with van der Waals surface area (Å²) in [5, 5.41) is 0.816. The minimum Gasteiger partial charge on any atom is -0.397 e. The molecule has 0 atom stereocenters. The van der Waals surface area contributed by atoms with Crippen LogP contribution in [0.4, 0.5) is 11.4 Å². The molecule has 4 N–H and O–H groups in total. The number of para-hydroxylation sites is 1. The fourth-order valence-electron chi connectivity index (χ4n) is 4.31. The van der Waals surface area contributed by atoms with E-state index < -0.39 is 0 Å². The molecule has 4 aromatic rings. The summed E-state index contributed by atoms with van der Waals surface area (Å²) in [6.45, 7) is 8.62. The summed E-state index contributed by atoms with van der Waals surface area (Å²) < 4.78 is 0. The van der Waals surface area contributed by atoms with Crippen molar-refractivity contribution < 1.29 is 0 Å². The molecule has 7 nitrogen and oxygen atoms in total. The highest BCUT2D eigenvalue weighted by atomic mass is 16.1. The number of aromatic nitrogens is 3. The fraction of sp³-hybridized carbons (Fsp3) is 0.304. The Labute approximate surface area is 174 Å². The molecule has 0 saturated carbocycles. The maximum absolute atomic E-state index is 12.7. The van der Waals surface area contributed by atoms with Gasteiger partial charge in [-0.15, -0.1) is 0 Å². The number of nitrogens with two attached hydrogens (primary N) is 1. The number of anilines is 2. The minimum atomic E-state index is -0.240. The van der Waals surface area contributed by atoms with E-state index in [9.17, 15) is 4.79 Å². The predicted octanol–water partition coefficient (Wildman–Crippen LogP) is 3.18. The molecule has 0 radical (unpaired) electrons. The van der Waals surface area contributed by atoms with Gasteiger partial charge in [0.05, 0.1) is 22.2 Å². The van der Waals surface area contributed by atoms with Gasteiger partial charge in [-0.1, -0.05) is 18.2 Å². The molecular weight excluding hydrogens is 376 g/mol. The van der Waals surface area contributed by atoms with E-state index in [1.807, 2.05) is 30.3 Å². The monoisotopic (exact) mass is 402 g/mol. The Morgan fingerprint density at radius 2 is 1.77 bits per heavy atom. The average Bonchev–Trinajstić information content (AvgIpc) is 3.16. The van der Waals surface area contributed by atoms with E-state index in [1.54, 1.807) is 0 Å². The molecule has 2 aromatic heterocycles. The lowest BCUT2D eigenvalue weighted by Crippen LogP contribution is -2.48. The number of hydrogen-bond acceptors (Lipinski definition) is 5. The number of nitrogen functional groups attached to an aromatic ring is 1. The topological polar surface area (TPSA) is 94.0 Å². The van der Waals surface area contributed by atoms with Gasteiger partial charge in [-0.05, 0) is 38.1 Å². The van der Waals surface area contributed by atoms with Crippen molar-refractivity contribution in [2.24, 2.45) is 0 Å². The number of imidazole rings is 1. The van der Waals surface area contributed by atoms with Crippen LogP contribution in [0, 0.1) is 0 Å². The first-order valence-electron chi connectivity index (χ1n) is 10.4. The molecule has 1 aliphatic heterocycles. The normalized spacial score (nSPS) is 15.5. The fourth-order valence-corrected chi connectivity index (χ4v) is 4.31. The zero-order valence-electron chi connectivity index (χ0n) is 17.3. The van der Waals surface area contributed by atoms with Gasteiger partial charge in [0.2, 0.25) is 0 Å². The molecule has 1 aliphatic rings. The van der Waals surface area contributed by atoms with Crippen molar-refractivity contribution >= 4 is 33.3 Å². The van der Waals surface area contributed by atoms with Gasteiger partial charge in [0.1, 0.15) is 11.4 Å². The van der Waals surface area contributed by atoms with Crippen LogP contribution in [-0.2, 0) is 0 Å². The highest BCUT2D eigenvalue weighted by molar-refractivity contribution is 5.97. The van der Waals surface area contributed by atoms with Crippen LogP contribution in [0.5, 0.6) is 0 Å². The second-order valence-corrected chi connectivity index (χ2v) is 8.19. The highest BCUT2D eigenvalue weighted by Crippen LogP contribution is 2.29. The predicted molar refractivity (Wildman–Crippen MR) is 123 cm³/mol. The van der Waals surface area contributed by atoms with E-state index in [0.29, 0.717) is 23.1 Å². The number of nitrogens with zero attached hydrogens (tertiary/aromatic N) is 3. The second-order valence-electron chi connectivity index (χ2n) is 8.19. The molecule has 0 unspecified atom stereocenters. The van der Waals surface area contributed by atoms with E-state index >= 15 is 0 Å². The van der Waals surface area contributed by atoms with E-state index in [1.165, 1.54) is 5.69 Å². The maximum Gasteiger partial charge on any atom is 0.261 e. The average molecular weight is 403 g/mol. The number of benzene rings is 2. The lowest BCUT2D eigenvalue weighted by Gasteiger charge is -2.38. The Balaban J connectivity index is 1.51. The van der Waals surface area contributed by atoms with Gasteiger partial charge >= 0.3 is 0 Å². The van der Waals surface area contributed by atoms with Crippen molar-refractivity contribution in [3.05, 3.63) is 52.8 Å². The number of H-pyrrole nitrogens is 2. The summed E-state index contributed by atoms with van der Waals surface area (Å²) in [4.78, 5) is 28.5. The Morgan fingerprint density at radius 1 is 1.00 bits per heavy atom. The number of rotatable bonds is 3. The second kappa shape index (κ2) is 7.18. The van der Waals surface area contributed by atoms with Crippen LogP contribution in [0.2, 0.25) is 0 Å². The van der Waals surface area contributed by atoms with Crippen molar-refractivity contribution in [1.82, 2.24) is 19.9 Å². The summed E-state index contributed by atoms with van der Waals surface area (Å²) in [6, 6.07) is 14.3. The van der Waals surface area contributed by atoms with Crippen molar-refractivity contribution in [1.29, 1.82) is 0 Å². The Bertz CT molecular complexity index is 1280. The van der Waals surface area contributed by atoms with Crippen LogP contribution in [-0.4, -0.2) is 52.1 Å². The Kier molecular flexibility index (Phi) is 4.47. The van der Waals surface area contributed by atoms with Gasteiger partial charge in [-0.2, -0.15) is 0 Å². The highest BCUT2D eigenvalue weighted by Gasteiger charge is 2.20. The molecule has 0 amide bonds. The number of nitrogens with one attached hydrogen (secondary N) is 2. The number of fused-ring (bicyclic) bond motifs is 2. The Morgan fingerprint density at radius 3 is 2.53 bits per heavy atom. The van der Waals surface area contributed by atoms with Gasteiger partial charge in [0, 0.05) is 43.3 Å². The molecule has 1 saturated heterocycles. The lowest BCUT2D eigenvalue weighted by molar-refractivity contribution is 0.209. The van der Waals surface area contributed by atoms with Gasteiger partial charge in [-0.3, -0.25) is 9.69 Å². The zero-order chi connectivity index (χ0) is 20.8. The van der Waals surface area contributed by atoms with E-state index in [2.05, 4.69) is 50.7 Å². The van der Waals surface area contributed by atoms with Crippen molar-refractivity contribution in [3.63, 3.8) is 0 Å². The molecule has 0 spiro atoms. The SMILES string of the molecule is CC(C)N1CCN(c2ccc3nc(-c4c(N)c5ccccc5[nH]c4=O)[nH]c3c2)CC1. The third-order valence-corrected chi connectivity index (χ3v) is 6.07. The van der Waals surface area contributed by atoms with Crippen molar-refractivity contribution in [2.75, 3.05) is 36.8 Å². The van der Waals surface area contributed by atoms with Crippen molar-refractivity contribution in [3.8, 4) is 11.4 Å². The van der Waals surface area contributed by atoms with Crippen LogP contribution >= 0.6 is 0 Å². The minimum absolute atomic E-state index is 0.240. The van der Waals surface area contributed by atoms with Gasteiger partial charge in [0.25, 0.3) is 5.56 Å². The lowest BCUT2D eigenvalue weighted by atomic mass is 10.1. The number of piperazine rings is 1. The molecule has 7 heteroatoms. The quantitative estimate of drug-likeness (QED) is 0.489. The zero-order valence-corrected chi connectivity index (χ0v) is 17.3. The summed E-state index contributed by atoms with van der Waals surface area (Å²) in [5.41, 5.74) is 10.6. The summed E-state index contributed by atoms with van der Waals surface area (Å²) >= 11 is 0. The van der Waals surface area contributed by atoms with Crippen LogP contribution in [0.3, 0.4) is 0 Å². The number of aromatic amines is 2. The van der Waals surface area contributed by atoms with Gasteiger partial charge in [-0.25, -0.2) is 4.98 Å². The third kappa shape index (κ3) is 3.11. The van der Waals surface area contributed by atoms with Gasteiger partial charge < -0.3 is 20.6 Å². The summed E-state index contributed by atoms with van der Waals surface area (Å²) in [6.07, 6.45) is 0. The van der Waals surface area contributed by atoms with E-state index in [0.717, 1.165) is 48.1 Å². The largest absolute Gasteiger partial charge is 0.397 e. The summed E-state index contributed by atoms with van der Waals surface area (Å²) in [5.74, 6) is 0.497. The number of pyridine rings is 1. The molecule has 1 fully saturated rings. The first-order chi connectivity index (χ1) is 14.5. The molecule has 154 valence electrons. The summed E-state index contributed by atoms with van der Waals surface area (Å²) in [7, 11) is 0. The first-order valence-corrected chi connectivity index (χ1v) is 10.4. The van der Waals surface area contributed by atoms with Crippen LogP contribution in [0.1, 0.15) is 13.8 Å². The van der Waals surface area contributed by atoms with E-state index in [4.69, 9.17) is 5.73 Å². The maximum atomic E-state index is 12.7. The van der Waals surface area contributed by atoms with E-state index in [-0.39, 0.29) is 5.56 Å². The molecule has 0 aliphatic carbocycles. The van der Waals surface area contributed by atoms with Crippen LogP contribution in [0.15, 0.2) is 47.3 Å². The standard InChI is InChI=1S/C23H26N6O/c1-14(2)28-9-11-29(12-10-28)15-7-8-18-19(13-15)26-22(25-18)20-21(24)16-5-3-4-6-17(16)27-23(20)30/h3-8,13-14H,9-12H2,1-2H3,(H,25,26)(H3,24,27,30). The third-order valence-electron chi connectivity index (χ3n) is 6.07.